The van der Waals surface area contributed by atoms with Crippen LogP contribution < -0.4 is 0 Å². The standard InChI is InChI=1S/C44H30N4/c45-27-30-11-9-18-38-37-15-4-5-19-40(37)47(44(30)38)31-25-23-29(24-26-31)32-16-10-17-33(39(32)28-46)34-12-1-6-20-41(34)48-42-21-7-2-13-35(42)36-14-3-8-22-43(36)48/h1-7,10-17,19-21,23-26H,8-9,18,22H2. The second-order valence-electron chi connectivity index (χ2n) is 12.5. The Morgan fingerprint density at radius 3 is 2.10 bits per heavy atom. The molecular formula is C44H30N4. The number of aryl methyl sites for hydroxylation is 1. The van der Waals surface area contributed by atoms with E-state index >= 15 is 0 Å². The van der Waals surface area contributed by atoms with Crippen LogP contribution in [0.15, 0.2) is 127 Å². The molecule has 48 heavy (non-hydrogen) atoms. The molecule has 2 aliphatic carbocycles. The van der Waals surface area contributed by atoms with Gasteiger partial charge in [-0.05, 0) is 67.1 Å². The minimum absolute atomic E-state index is 0.654. The van der Waals surface area contributed by atoms with E-state index in [4.69, 9.17) is 0 Å². The molecule has 0 bridgehead atoms. The van der Waals surface area contributed by atoms with Gasteiger partial charge < -0.3 is 9.13 Å². The van der Waals surface area contributed by atoms with Crippen LogP contribution in [0.25, 0.3) is 67.1 Å². The minimum Gasteiger partial charge on any atom is -0.312 e. The molecule has 0 unspecified atom stereocenters. The maximum atomic E-state index is 10.7. The van der Waals surface area contributed by atoms with Gasteiger partial charge in [0.25, 0.3) is 0 Å². The third kappa shape index (κ3) is 4.13. The molecule has 0 saturated carbocycles. The first kappa shape index (κ1) is 27.9. The van der Waals surface area contributed by atoms with Gasteiger partial charge in [-0.15, -0.1) is 0 Å². The van der Waals surface area contributed by atoms with Gasteiger partial charge in [-0.2, -0.15) is 10.5 Å². The van der Waals surface area contributed by atoms with E-state index in [0.717, 1.165) is 76.1 Å². The lowest BCUT2D eigenvalue weighted by atomic mass is 9.91. The van der Waals surface area contributed by atoms with Crippen molar-refractivity contribution in [2.24, 2.45) is 0 Å². The van der Waals surface area contributed by atoms with Gasteiger partial charge in [0.2, 0.25) is 0 Å². The number of nitrogens with zero attached hydrogens (tertiary/aromatic N) is 4. The smallest absolute Gasteiger partial charge is 0.101 e. The van der Waals surface area contributed by atoms with Gasteiger partial charge in [0.15, 0.2) is 0 Å². The van der Waals surface area contributed by atoms with Crippen LogP contribution in [0.1, 0.15) is 40.9 Å². The Morgan fingerprint density at radius 1 is 0.583 bits per heavy atom. The van der Waals surface area contributed by atoms with Crippen molar-refractivity contribution in [3.8, 4) is 45.8 Å². The number of para-hydroxylation sites is 3. The van der Waals surface area contributed by atoms with Gasteiger partial charge in [-0.25, -0.2) is 0 Å². The van der Waals surface area contributed by atoms with E-state index in [1.165, 1.54) is 33.1 Å². The molecule has 0 spiro atoms. The summed E-state index contributed by atoms with van der Waals surface area (Å²) < 4.78 is 4.62. The van der Waals surface area contributed by atoms with Crippen molar-refractivity contribution in [1.82, 2.24) is 9.13 Å². The Balaban J connectivity index is 1.18. The van der Waals surface area contributed by atoms with Crippen molar-refractivity contribution in [3.63, 3.8) is 0 Å². The summed E-state index contributed by atoms with van der Waals surface area (Å²) in [6, 6.07) is 45.1. The second kappa shape index (κ2) is 11.2. The molecule has 0 atom stereocenters. The Labute approximate surface area is 279 Å². The predicted molar refractivity (Wildman–Crippen MR) is 195 cm³/mol. The summed E-state index contributed by atoms with van der Waals surface area (Å²) in [7, 11) is 0. The van der Waals surface area contributed by atoms with Gasteiger partial charge in [0.1, 0.15) is 12.1 Å². The molecule has 7 aromatic rings. The summed E-state index contributed by atoms with van der Waals surface area (Å²) in [4.78, 5) is 0. The SMILES string of the molecule is N#CC1=CCCc2c1n(-c1ccc(-c3cccc(-c4ccccc4-n4c5c(c6ccccc64)C=CCC5)c3C#N)cc1)c1ccccc21. The lowest BCUT2D eigenvalue weighted by Crippen LogP contribution is -2.05. The zero-order valence-corrected chi connectivity index (χ0v) is 26.3. The van der Waals surface area contributed by atoms with E-state index in [-0.39, 0.29) is 0 Å². The molecule has 0 N–H and O–H groups in total. The largest absolute Gasteiger partial charge is 0.312 e. The highest BCUT2D eigenvalue weighted by Gasteiger charge is 2.24. The van der Waals surface area contributed by atoms with Crippen LogP contribution in [0.3, 0.4) is 0 Å². The first-order valence-corrected chi connectivity index (χ1v) is 16.5. The molecule has 0 saturated heterocycles. The summed E-state index contributed by atoms with van der Waals surface area (Å²) >= 11 is 0. The topological polar surface area (TPSA) is 57.4 Å². The molecule has 4 nitrogen and oxygen atoms in total. The van der Waals surface area contributed by atoms with E-state index in [1.54, 1.807) is 0 Å². The molecule has 0 radical (unpaired) electrons. The van der Waals surface area contributed by atoms with Gasteiger partial charge >= 0.3 is 0 Å². The van der Waals surface area contributed by atoms with Crippen molar-refractivity contribution >= 4 is 33.5 Å². The monoisotopic (exact) mass is 614 g/mol. The van der Waals surface area contributed by atoms with Crippen LogP contribution in [0, 0.1) is 22.7 Å². The number of hydrogen-bond donors (Lipinski definition) is 0. The summed E-state index contributed by atoms with van der Waals surface area (Å²) in [5.74, 6) is 0. The average molecular weight is 615 g/mol. The van der Waals surface area contributed by atoms with Crippen molar-refractivity contribution in [3.05, 3.63) is 155 Å². The van der Waals surface area contributed by atoms with Crippen LogP contribution in [0.5, 0.6) is 0 Å². The normalized spacial score (nSPS) is 13.5. The molecule has 226 valence electrons. The van der Waals surface area contributed by atoms with Crippen LogP contribution in [-0.2, 0) is 12.8 Å². The lowest BCUT2D eigenvalue weighted by Gasteiger charge is -2.19. The molecule has 2 aromatic heterocycles. The number of hydrogen-bond acceptors (Lipinski definition) is 2. The van der Waals surface area contributed by atoms with E-state index < -0.39 is 0 Å². The van der Waals surface area contributed by atoms with Crippen molar-refractivity contribution in [1.29, 1.82) is 10.5 Å². The Kier molecular flexibility index (Phi) is 6.49. The number of benzene rings is 5. The summed E-state index contributed by atoms with van der Waals surface area (Å²) in [5.41, 5.74) is 14.4. The van der Waals surface area contributed by atoms with Crippen LogP contribution >= 0.6 is 0 Å². The molecule has 9 rings (SSSR count). The molecule has 2 aliphatic rings. The second-order valence-corrected chi connectivity index (χ2v) is 12.5. The lowest BCUT2D eigenvalue weighted by molar-refractivity contribution is 0.889. The average Bonchev–Trinajstić information content (AvgIpc) is 3.68. The van der Waals surface area contributed by atoms with Crippen molar-refractivity contribution in [2.45, 2.75) is 25.7 Å². The maximum Gasteiger partial charge on any atom is 0.101 e. The minimum atomic E-state index is 0.654. The third-order valence-corrected chi connectivity index (χ3v) is 9.99. The maximum absolute atomic E-state index is 10.7. The number of allylic oxidation sites excluding steroid dienone is 3. The van der Waals surface area contributed by atoms with Crippen LogP contribution in [0.4, 0.5) is 0 Å². The fraction of sp³-hybridized carbons (Fsp3) is 0.0909. The first-order chi connectivity index (χ1) is 23.8. The van der Waals surface area contributed by atoms with Gasteiger partial charge in [0.05, 0.1) is 33.6 Å². The van der Waals surface area contributed by atoms with E-state index in [1.807, 2.05) is 6.07 Å². The van der Waals surface area contributed by atoms with Gasteiger partial charge in [-0.3, -0.25) is 0 Å². The van der Waals surface area contributed by atoms with Crippen molar-refractivity contribution in [2.75, 3.05) is 0 Å². The van der Waals surface area contributed by atoms with E-state index in [9.17, 15) is 10.5 Å². The zero-order valence-electron chi connectivity index (χ0n) is 26.3. The molecular weight excluding hydrogens is 585 g/mol. The Hall–Kier alpha value is -6.36. The van der Waals surface area contributed by atoms with Crippen LogP contribution in [0.2, 0.25) is 0 Å². The summed E-state index contributed by atoms with van der Waals surface area (Å²) in [6.45, 7) is 0. The number of nitriles is 2. The molecule has 0 aliphatic heterocycles. The molecule has 2 heterocycles. The number of aromatic nitrogens is 2. The highest BCUT2D eigenvalue weighted by atomic mass is 15.0. The van der Waals surface area contributed by atoms with Crippen LogP contribution in [-0.4, -0.2) is 9.13 Å². The molecule has 5 aromatic carbocycles. The van der Waals surface area contributed by atoms with Crippen molar-refractivity contribution < 1.29 is 0 Å². The summed E-state index contributed by atoms with van der Waals surface area (Å²) in [5, 5.41) is 23.2. The fourth-order valence-corrected chi connectivity index (χ4v) is 7.94. The number of fused-ring (bicyclic) bond motifs is 6. The highest BCUT2D eigenvalue weighted by molar-refractivity contribution is 5.97. The molecule has 0 fully saturated rings. The van der Waals surface area contributed by atoms with Gasteiger partial charge in [0, 0.05) is 44.4 Å². The van der Waals surface area contributed by atoms with E-state index in [0.29, 0.717) is 5.56 Å². The third-order valence-electron chi connectivity index (χ3n) is 9.99. The predicted octanol–water partition coefficient (Wildman–Crippen LogP) is 10.6. The fourth-order valence-electron chi connectivity index (χ4n) is 7.94. The molecule has 4 heteroatoms. The highest BCUT2D eigenvalue weighted by Crippen LogP contribution is 2.41. The molecule has 0 amide bonds. The quantitative estimate of drug-likeness (QED) is 0.198. The Bertz CT molecular complexity index is 2570. The summed E-state index contributed by atoms with van der Waals surface area (Å²) in [6.07, 6.45) is 10.4. The first-order valence-electron chi connectivity index (χ1n) is 16.5. The van der Waals surface area contributed by atoms with Gasteiger partial charge in [-0.1, -0.05) is 103 Å². The number of rotatable bonds is 4. The zero-order chi connectivity index (χ0) is 32.2. The van der Waals surface area contributed by atoms with E-state index in [2.05, 4.69) is 149 Å². The Morgan fingerprint density at radius 2 is 1.29 bits per heavy atom.